The van der Waals surface area contributed by atoms with Crippen LogP contribution in [0.3, 0.4) is 0 Å². The maximum Gasteiger partial charge on any atom is 0.0720 e. The van der Waals surface area contributed by atoms with Crippen LogP contribution < -0.4 is 0 Å². The molecular weight excluding hydrogens is 430 g/mol. The molecule has 3 rings (SSSR count). The predicted octanol–water partition coefficient (Wildman–Crippen LogP) is 6.02. The largest absolute Gasteiger partial charge is 0.375 e. The standard InChI is InChI=1S/C18H17Cl2IO/c19-15-4-2-14(3-5-15)18(8-1-9-21)12-22-11-13-10-16(20)6-7-17(13)18/h2-7,10H,1,8-9,11-12H2. The molecule has 1 heterocycles. The lowest BCUT2D eigenvalue weighted by molar-refractivity contribution is 0.0619. The Hall–Kier alpha value is -0.290. The van der Waals surface area contributed by atoms with Crippen molar-refractivity contribution in [3.8, 4) is 0 Å². The van der Waals surface area contributed by atoms with E-state index in [0.717, 1.165) is 27.3 Å². The minimum atomic E-state index is -0.103. The Morgan fingerprint density at radius 1 is 1.05 bits per heavy atom. The minimum absolute atomic E-state index is 0.103. The van der Waals surface area contributed by atoms with Crippen LogP contribution in [0.25, 0.3) is 0 Å². The number of fused-ring (bicyclic) bond motifs is 1. The third-order valence-electron chi connectivity index (χ3n) is 4.32. The van der Waals surface area contributed by atoms with Crippen LogP contribution in [0.5, 0.6) is 0 Å². The van der Waals surface area contributed by atoms with Gasteiger partial charge < -0.3 is 4.74 Å². The van der Waals surface area contributed by atoms with E-state index in [9.17, 15) is 0 Å². The highest BCUT2D eigenvalue weighted by Gasteiger charge is 2.38. The molecule has 0 aromatic heterocycles. The van der Waals surface area contributed by atoms with Crippen molar-refractivity contribution in [1.82, 2.24) is 0 Å². The zero-order valence-electron chi connectivity index (χ0n) is 12.1. The molecule has 1 nitrogen and oxygen atoms in total. The van der Waals surface area contributed by atoms with Crippen LogP contribution in [0.4, 0.5) is 0 Å². The maximum absolute atomic E-state index is 6.17. The fourth-order valence-corrected chi connectivity index (χ4v) is 3.99. The first-order valence-electron chi connectivity index (χ1n) is 7.34. The first kappa shape index (κ1) is 16.6. The van der Waals surface area contributed by atoms with Gasteiger partial charge in [0.2, 0.25) is 0 Å². The zero-order chi connectivity index (χ0) is 15.6. The fraction of sp³-hybridized carbons (Fsp3) is 0.333. The van der Waals surface area contributed by atoms with Gasteiger partial charge in [0.25, 0.3) is 0 Å². The Balaban J connectivity index is 2.13. The number of halogens is 3. The molecule has 0 amide bonds. The lowest BCUT2D eigenvalue weighted by atomic mass is 9.69. The van der Waals surface area contributed by atoms with Crippen LogP contribution in [0, 0.1) is 0 Å². The SMILES string of the molecule is Clc1ccc(C2(CCCI)COCc3cc(Cl)ccc32)cc1. The minimum Gasteiger partial charge on any atom is -0.375 e. The third-order valence-corrected chi connectivity index (χ3v) is 5.57. The molecular formula is C18H17Cl2IO. The van der Waals surface area contributed by atoms with Gasteiger partial charge in [-0.3, -0.25) is 0 Å². The second-order valence-electron chi connectivity index (χ2n) is 5.68. The maximum atomic E-state index is 6.17. The van der Waals surface area contributed by atoms with Crippen molar-refractivity contribution in [2.45, 2.75) is 24.9 Å². The molecule has 22 heavy (non-hydrogen) atoms. The Kier molecular flexibility index (Phi) is 5.33. The van der Waals surface area contributed by atoms with Gasteiger partial charge in [0.05, 0.1) is 13.2 Å². The Morgan fingerprint density at radius 2 is 1.77 bits per heavy atom. The summed E-state index contributed by atoms with van der Waals surface area (Å²) in [6, 6.07) is 14.4. The molecule has 0 radical (unpaired) electrons. The lowest BCUT2D eigenvalue weighted by Crippen LogP contribution is -2.38. The molecule has 0 N–H and O–H groups in total. The number of benzene rings is 2. The summed E-state index contributed by atoms with van der Waals surface area (Å²) in [6.45, 7) is 1.34. The van der Waals surface area contributed by atoms with Gasteiger partial charge in [0.15, 0.2) is 0 Å². The summed E-state index contributed by atoms with van der Waals surface area (Å²) in [7, 11) is 0. The summed E-state index contributed by atoms with van der Waals surface area (Å²) in [5.74, 6) is 0. The summed E-state index contributed by atoms with van der Waals surface area (Å²) in [4.78, 5) is 0. The Labute approximate surface area is 155 Å². The monoisotopic (exact) mass is 446 g/mol. The summed E-state index contributed by atoms with van der Waals surface area (Å²) < 4.78 is 7.09. The van der Waals surface area contributed by atoms with Crippen molar-refractivity contribution < 1.29 is 4.74 Å². The predicted molar refractivity (Wildman–Crippen MR) is 101 cm³/mol. The van der Waals surface area contributed by atoms with Gasteiger partial charge in [-0.25, -0.2) is 0 Å². The quantitative estimate of drug-likeness (QED) is 0.411. The van der Waals surface area contributed by atoms with Crippen molar-refractivity contribution in [1.29, 1.82) is 0 Å². The highest BCUT2D eigenvalue weighted by Crippen LogP contribution is 2.43. The average molecular weight is 447 g/mol. The molecule has 1 aliphatic rings. The van der Waals surface area contributed by atoms with Crippen LogP contribution in [0.2, 0.25) is 10.0 Å². The molecule has 4 heteroatoms. The molecule has 2 aromatic carbocycles. The molecule has 1 unspecified atom stereocenters. The molecule has 0 saturated carbocycles. The van der Waals surface area contributed by atoms with Gasteiger partial charge in [0.1, 0.15) is 0 Å². The molecule has 0 fully saturated rings. The van der Waals surface area contributed by atoms with Crippen LogP contribution >= 0.6 is 45.8 Å². The van der Waals surface area contributed by atoms with E-state index >= 15 is 0 Å². The molecule has 116 valence electrons. The summed E-state index contributed by atoms with van der Waals surface area (Å²) in [5, 5.41) is 1.53. The molecule has 1 atom stereocenters. The van der Waals surface area contributed by atoms with E-state index in [0.29, 0.717) is 13.2 Å². The molecule has 0 saturated heterocycles. The Bertz CT molecular complexity index is 657. The second-order valence-corrected chi connectivity index (χ2v) is 7.63. The zero-order valence-corrected chi connectivity index (χ0v) is 15.8. The summed E-state index contributed by atoms with van der Waals surface area (Å²) in [5.41, 5.74) is 3.70. The van der Waals surface area contributed by atoms with E-state index in [2.05, 4.69) is 40.8 Å². The van der Waals surface area contributed by atoms with E-state index in [-0.39, 0.29) is 5.41 Å². The van der Waals surface area contributed by atoms with Crippen molar-refractivity contribution in [2.24, 2.45) is 0 Å². The van der Waals surface area contributed by atoms with Gasteiger partial charge in [-0.2, -0.15) is 0 Å². The molecule has 0 aliphatic carbocycles. The van der Waals surface area contributed by atoms with E-state index in [1.165, 1.54) is 16.7 Å². The highest BCUT2D eigenvalue weighted by atomic mass is 127. The van der Waals surface area contributed by atoms with Gasteiger partial charge >= 0.3 is 0 Å². The van der Waals surface area contributed by atoms with Crippen LogP contribution in [0.1, 0.15) is 29.5 Å². The number of hydrogen-bond acceptors (Lipinski definition) is 1. The first-order chi connectivity index (χ1) is 10.7. The van der Waals surface area contributed by atoms with Gasteiger partial charge in [-0.1, -0.05) is 64.0 Å². The molecule has 0 bridgehead atoms. The van der Waals surface area contributed by atoms with Crippen LogP contribution in [-0.2, 0) is 16.8 Å². The van der Waals surface area contributed by atoms with Gasteiger partial charge in [0, 0.05) is 15.5 Å². The van der Waals surface area contributed by atoms with E-state index < -0.39 is 0 Å². The van der Waals surface area contributed by atoms with Crippen LogP contribution in [0.15, 0.2) is 42.5 Å². The van der Waals surface area contributed by atoms with Crippen molar-refractivity contribution in [3.05, 3.63) is 69.2 Å². The third kappa shape index (κ3) is 3.16. The van der Waals surface area contributed by atoms with Crippen molar-refractivity contribution in [2.75, 3.05) is 11.0 Å². The first-order valence-corrected chi connectivity index (χ1v) is 9.62. The number of hydrogen-bond donors (Lipinski definition) is 0. The molecule has 0 spiro atoms. The normalized spacial score (nSPS) is 20.7. The van der Waals surface area contributed by atoms with Crippen molar-refractivity contribution >= 4 is 45.8 Å². The topological polar surface area (TPSA) is 9.23 Å². The summed E-state index contributed by atoms with van der Waals surface area (Å²) >= 11 is 14.7. The average Bonchev–Trinajstić information content (AvgIpc) is 2.53. The Morgan fingerprint density at radius 3 is 2.50 bits per heavy atom. The molecule has 1 aliphatic heterocycles. The van der Waals surface area contributed by atoms with E-state index in [1.807, 2.05) is 24.3 Å². The number of alkyl halides is 1. The van der Waals surface area contributed by atoms with Gasteiger partial charge in [-0.05, 0) is 58.2 Å². The lowest BCUT2D eigenvalue weighted by Gasteiger charge is -2.40. The highest BCUT2D eigenvalue weighted by molar-refractivity contribution is 14.1. The second kappa shape index (κ2) is 7.08. The smallest absolute Gasteiger partial charge is 0.0720 e. The van der Waals surface area contributed by atoms with Crippen molar-refractivity contribution in [3.63, 3.8) is 0 Å². The summed E-state index contributed by atoms with van der Waals surface area (Å²) in [6.07, 6.45) is 2.21. The van der Waals surface area contributed by atoms with E-state index in [4.69, 9.17) is 27.9 Å². The number of ether oxygens (including phenoxy) is 1. The molecule has 2 aromatic rings. The number of rotatable bonds is 4. The fourth-order valence-electron chi connectivity index (χ4n) is 3.29. The van der Waals surface area contributed by atoms with Crippen LogP contribution in [-0.4, -0.2) is 11.0 Å². The van der Waals surface area contributed by atoms with Gasteiger partial charge in [-0.15, -0.1) is 0 Å². The van der Waals surface area contributed by atoms with E-state index in [1.54, 1.807) is 0 Å².